The standard InChI is InChI=1S/C18H16O3/c1-20-15-10-8-14(9-11-15)17(19)18-16(21-18)12-7-13-5-3-2-4-6-13/h2-12,16,18H,1H3/b12-7+. The molecule has 0 aromatic heterocycles. The van der Waals surface area contributed by atoms with Gasteiger partial charge in [-0.05, 0) is 29.8 Å². The van der Waals surface area contributed by atoms with E-state index in [1.807, 2.05) is 42.5 Å². The Morgan fingerprint density at radius 2 is 1.81 bits per heavy atom. The molecule has 0 amide bonds. The number of ketones is 1. The van der Waals surface area contributed by atoms with Crippen LogP contribution in [0.3, 0.4) is 0 Å². The molecule has 2 unspecified atom stereocenters. The fraction of sp³-hybridized carbons (Fsp3) is 0.167. The smallest absolute Gasteiger partial charge is 0.194 e. The SMILES string of the molecule is COc1ccc(C(=O)C2OC2/C=C/c2ccccc2)cc1. The van der Waals surface area contributed by atoms with Crippen molar-refractivity contribution in [1.82, 2.24) is 0 Å². The Morgan fingerprint density at radius 1 is 1.10 bits per heavy atom. The molecule has 0 saturated carbocycles. The van der Waals surface area contributed by atoms with Gasteiger partial charge in [-0.3, -0.25) is 4.79 Å². The Balaban J connectivity index is 1.61. The first kappa shape index (κ1) is 13.6. The van der Waals surface area contributed by atoms with Gasteiger partial charge < -0.3 is 9.47 Å². The van der Waals surface area contributed by atoms with Crippen LogP contribution >= 0.6 is 0 Å². The number of Topliss-reactive ketones (excluding diaryl/α,β-unsaturated/α-hetero) is 1. The second-order valence-electron chi connectivity index (χ2n) is 4.88. The van der Waals surface area contributed by atoms with Crippen LogP contribution in [0, 0.1) is 0 Å². The van der Waals surface area contributed by atoms with Gasteiger partial charge in [0.05, 0.1) is 7.11 Å². The van der Waals surface area contributed by atoms with Crippen LogP contribution in [0.25, 0.3) is 6.08 Å². The molecule has 1 fully saturated rings. The van der Waals surface area contributed by atoms with Gasteiger partial charge in [-0.15, -0.1) is 0 Å². The summed E-state index contributed by atoms with van der Waals surface area (Å²) in [7, 11) is 1.60. The molecule has 21 heavy (non-hydrogen) atoms. The zero-order valence-electron chi connectivity index (χ0n) is 11.7. The highest BCUT2D eigenvalue weighted by Gasteiger charge is 2.43. The second-order valence-corrected chi connectivity index (χ2v) is 4.88. The van der Waals surface area contributed by atoms with E-state index in [-0.39, 0.29) is 18.0 Å². The van der Waals surface area contributed by atoms with Crippen molar-refractivity contribution in [3.05, 3.63) is 71.8 Å². The lowest BCUT2D eigenvalue weighted by Crippen LogP contribution is -2.09. The number of carbonyl (C=O) groups is 1. The van der Waals surface area contributed by atoms with Crippen molar-refractivity contribution < 1.29 is 14.3 Å². The first-order valence-electron chi connectivity index (χ1n) is 6.85. The zero-order chi connectivity index (χ0) is 14.7. The summed E-state index contributed by atoms with van der Waals surface area (Å²) in [5.74, 6) is 0.754. The van der Waals surface area contributed by atoms with E-state index in [2.05, 4.69) is 0 Å². The van der Waals surface area contributed by atoms with Crippen molar-refractivity contribution in [3.63, 3.8) is 0 Å². The molecular weight excluding hydrogens is 264 g/mol. The predicted molar refractivity (Wildman–Crippen MR) is 81.5 cm³/mol. The van der Waals surface area contributed by atoms with Crippen molar-refractivity contribution in [2.24, 2.45) is 0 Å². The molecule has 3 rings (SSSR count). The summed E-state index contributed by atoms with van der Waals surface area (Å²) < 4.78 is 10.5. The molecule has 2 aromatic rings. The number of epoxide rings is 1. The third-order valence-electron chi connectivity index (χ3n) is 3.44. The third kappa shape index (κ3) is 3.20. The van der Waals surface area contributed by atoms with Crippen molar-refractivity contribution in [2.45, 2.75) is 12.2 Å². The molecule has 1 aliphatic rings. The lowest BCUT2D eigenvalue weighted by atomic mass is 10.1. The van der Waals surface area contributed by atoms with Gasteiger partial charge >= 0.3 is 0 Å². The number of benzene rings is 2. The molecule has 106 valence electrons. The maximum Gasteiger partial charge on any atom is 0.194 e. The van der Waals surface area contributed by atoms with Crippen LogP contribution in [-0.2, 0) is 4.74 Å². The predicted octanol–water partition coefficient (Wildman–Crippen LogP) is 3.36. The highest BCUT2D eigenvalue weighted by molar-refractivity contribution is 6.01. The first-order valence-corrected chi connectivity index (χ1v) is 6.85. The number of rotatable bonds is 5. The van der Waals surface area contributed by atoms with Gasteiger partial charge in [0.2, 0.25) is 0 Å². The maximum atomic E-state index is 12.2. The minimum Gasteiger partial charge on any atom is -0.497 e. The molecule has 3 heteroatoms. The van der Waals surface area contributed by atoms with Gasteiger partial charge in [0.25, 0.3) is 0 Å². The molecule has 0 spiro atoms. The van der Waals surface area contributed by atoms with Gasteiger partial charge in [-0.1, -0.05) is 42.5 Å². The summed E-state index contributed by atoms with van der Waals surface area (Å²) >= 11 is 0. The maximum absolute atomic E-state index is 12.2. The van der Waals surface area contributed by atoms with E-state index in [4.69, 9.17) is 9.47 Å². The molecule has 1 heterocycles. The van der Waals surface area contributed by atoms with Crippen molar-refractivity contribution in [1.29, 1.82) is 0 Å². The minimum absolute atomic E-state index is 0.0142. The summed E-state index contributed by atoms with van der Waals surface area (Å²) in [6, 6.07) is 17.1. The van der Waals surface area contributed by atoms with E-state index >= 15 is 0 Å². The minimum atomic E-state index is -0.363. The normalized spacial score (nSPS) is 20.4. The summed E-state index contributed by atoms with van der Waals surface area (Å²) in [6.45, 7) is 0. The van der Waals surface area contributed by atoms with Crippen LogP contribution in [0.2, 0.25) is 0 Å². The van der Waals surface area contributed by atoms with Gasteiger partial charge in [-0.25, -0.2) is 0 Å². The van der Waals surface area contributed by atoms with Gasteiger partial charge in [0.15, 0.2) is 11.9 Å². The molecule has 0 N–H and O–H groups in total. The van der Waals surface area contributed by atoms with E-state index < -0.39 is 0 Å². The van der Waals surface area contributed by atoms with E-state index in [0.717, 1.165) is 11.3 Å². The van der Waals surface area contributed by atoms with Crippen LogP contribution in [0.1, 0.15) is 15.9 Å². The van der Waals surface area contributed by atoms with E-state index in [9.17, 15) is 4.79 Å². The topological polar surface area (TPSA) is 38.8 Å². The van der Waals surface area contributed by atoms with Crippen LogP contribution in [0.5, 0.6) is 5.75 Å². The summed E-state index contributed by atoms with van der Waals surface area (Å²) in [5, 5.41) is 0. The number of carbonyl (C=O) groups excluding carboxylic acids is 1. The number of ether oxygens (including phenoxy) is 2. The fourth-order valence-electron chi connectivity index (χ4n) is 2.17. The van der Waals surface area contributed by atoms with Crippen LogP contribution in [-0.4, -0.2) is 25.1 Å². The fourth-order valence-corrected chi connectivity index (χ4v) is 2.17. The molecular formula is C18H16O3. The average molecular weight is 280 g/mol. The van der Waals surface area contributed by atoms with Crippen LogP contribution in [0.15, 0.2) is 60.7 Å². The zero-order valence-corrected chi connectivity index (χ0v) is 11.7. The lowest BCUT2D eigenvalue weighted by Gasteiger charge is -2.00. The largest absolute Gasteiger partial charge is 0.497 e. The molecule has 0 bridgehead atoms. The average Bonchev–Trinajstić information content (AvgIpc) is 3.33. The summed E-state index contributed by atoms with van der Waals surface area (Å²) in [5.41, 5.74) is 1.75. The monoisotopic (exact) mass is 280 g/mol. The quantitative estimate of drug-likeness (QED) is 0.622. The highest BCUT2D eigenvalue weighted by atomic mass is 16.6. The van der Waals surface area contributed by atoms with Crippen LogP contribution in [0.4, 0.5) is 0 Å². The molecule has 3 nitrogen and oxygen atoms in total. The summed E-state index contributed by atoms with van der Waals surface area (Å²) in [4.78, 5) is 12.2. The molecule has 1 saturated heterocycles. The molecule has 2 aromatic carbocycles. The van der Waals surface area contributed by atoms with Crippen LogP contribution < -0.4 is 4.74 Å². The Kier molecular flexibility index (Phi) is 3.84. The number of methoxy groups -OCH3 is 1. The Morgan fingerprint density at radius 3 is 2.48 bits per heavy atom. The Bertz CT molecular complexity index is 644. The summed E-state index contributed by atoms with van der Waals surface area (Å²) in [6.07, 6.45) is 3.42. The van der Waals surface area contributed by atoms with Gasteiger partial charge in [-0.2, -0.15) is 0 Å². The lowest BCUT2D eigenvalue weighted by molar-refractivity contribution is 0.0953. The van der Waals surface area contributed by atoms with Crippen molar-refractivity contribution in [2.75, 3.05) is 7.11 Å². The van der Waals surface area contributed by atoms with E-state index in [1.165, 1.54) is 0 Å². The van der Waals surface area contributed by atoms with E-state index in [1.54, 1.807) is 31.4 Å². The molecule has 1 aliphatic heterocycles. The van der Waals surface area contributed by atoms with Gasteiger partial charge in [0.1, 0.15) is 11.9 Å². The number of hydrogen-bond donors (Lipinski definition) is 0. The molecule has 2 atom stereocenters. The van der Waals surface area contributed by atoms with Crippen molar-refractivity contribution >= 4 is 11.9 Å². The number of hydrogen-bond acceptors (Lipinski definition) is 3. The molecule has 0 radical (unpaired) electrons. The van der Waals surface area contributed by atoms with Crippen molar-refractivity contribution in [3.8, 4) is 5.75 Å². The third-order valence-corrected chi connectivity index (χ3v) is 3.44. The Labute approximate surface area is 123 Å². The van der Waals surface area contributed by atoms with Gasteiger partial charge in [0, 0.05) is 5.56 Å². The second kappa shape index (κ2) is 5.94. The molecule has 0 aliphatic carbocycles. The first-order chi connectivity index (χ1) is 10.3. The highest BCUT2D eigenvalue weighted by Crippen LogP contribution is 2.28. The van der Waals surface area contributed by atoms with E-state index in [0.29, 0.717) is 5.56 Å². The Hall–Kier alpha value is -2.39.